The predicted molar refractivity (Wildman–Crippen MR) is 74.7 cm³/mol. The van der Waals surface area contributed by atoms with E-state index in [1.807, 2.05) is 24.3 Å². The molecule has 102 valence electrons. The van der Waals surface area contributed by atoms with E-state index < -0.39 is 0 Å². The highest BCUT2D eigenvalue weighted by Crippen LogP contribution is 2.18. The smallest absolute Gasteiger partial charge is 0.189 e. The molecule has 0 aliphatic carbocycles. The van der Waals surface area contributed by atoms with Crippen LogP contribution in [0.15, 0.2) is 42.6 Å². The van der Waals surface area contributed by atoms with E-state index in [0.717, 1.165) is 11.5 Å². The van der Waals surface area contributed by atoms with Gasteiger partial charge in [0, 0.05) is 18.0 Å². The summed E-state index contributed by atoms with van der Waals surface area (Å²) in [6.45, 7) is 0.300. The Morgan fingerprint density at radius 2 is 1.90 bits per heavy atom. The quantitative estimate of drug-likeness (QED) is 0.783. The predicted octanol–water partition coefficient (Wildman–Crippen LogP) is 1.90. The third-order valence-corrected chi connectivity index (χ3v) is 2.83. The van der Waals surface area contributed by atoms with Crippen LogP contribution < -0.4 is 15.2 Å². The van der Waals surface area contributed by atoms with Crippen LogP contribution in [0.4, 0.5) is 5.69 Å². The normalized spacial score (nSPS) is 10.7. The maximum atomic E-state index is 5.70. The van der Waals surface area contributed by atoms with E-state index in [0.29, 0.717) is 23.8 Å². The highest BCUT2D eigenvalue weighted by atomic mass is 16.5. The molecule has 0 radical (unpaired) electrons. The van der Waals surface area contributed by atoms with Crippen LogP contribution in [0.25, 0.3) is 5.65 Å². The molecule has 0 saturated heterocycles. The van der Waals surface area contributed by atoms with Crippen molar-refractivity contribution in [1.29, 1.82) is 0 Å². The van der Waals surface area contributed by atoms with E-state index in [2.05, 4.69) is 10.1 Å². The lowest BCUT2D eigenvalue weighted by atomic mass is 10.3. The number of nitrogen functional groups attached to an aromatic ring is 1. The highest BCUT2D eigenvalue weighted by Gasteiger charge is 2.05. The molecule has 2 N–H and O–H groups in total. The first-order chi connectivity index (χ1) is 9.74. The number of methoxy groups -OCH3 is 1. The fourth-order valence-electron chi connectivity index (χ4n) is 1.82. The van der Waals surface area contributed by atoms with Gasteiger partial charge in [-0.1, -0.05) is 0 Å². The molecule has 0 fully saturated rings. The van der Waals surface area contributed by atoms with Crippen LogP contribution in [0.3, 0.4) is 0 Å². The fourth-order valence-corrected chi connectivity index (χ4v) is 1.82. The lowest BCUT2D eigenvalue weighted by Gasteiger charge is -2.04. The van der Waals surface area contributed by atoms with Crippen LogP contribution >= 0.6 is 0 Å². The van der Waals surface area contributed by atoms with E-state index in [-0.39, 0.29) is 0 Å². The number of aromatic nitrogens is 3. The number of hydrogen-bond acceptors (Lipinski definition) is 5. The van der Waals surface area contributed by atoms with Crippen LogP contribution in [-0.2, 0) is 6.61 Å². The van der Waals surface area contributed by atoms with E-state index in [9.17, 15) is 0 Å². The summed E-state index contributed by atoms with van der Waals surface area (Å²) in [6.07, 6.45) is 1.77. The molecule has 6 nitrogen and oxygen atoms in total. The van der Waals surface area contributed by atoms with E-state index in [4.69, 9.17) is 15.2 Å². The standard InChI is InChI=1S/C14H14N4O2/c1-19-11-2-4-12(5-3-11)20-9-13-16-14-8-10(15)6-7-18(14)17-13/h2-8H,9,15H2,1H3. The van der Waals surface area contributed by atoms with Crippen LogP contribution in [0, 0.1) is 0 Å². The summed E-state index contributed by atoms with van der Waals surface area (Å²) in [4.78, 5) is 4.34. The Morgan fingerprint density at radius 3 is 2.65 bits per heavy atom. The molecule has 0 aliphatic heterocycles. The fraction of sp³-hybridized carbons (Fsp3) is 0.143. The first kappa shape index (κ1) is 12.3. The van der Waals surface area contributed by atoms with E-state index in [1.165, 1.54) is 0 Å². The van der Waals surface area contributed by atoms with Gasteiger partial charge in [-0.25, -0.2) is 9.50 Å². The van der Waals surface area contributed by atoms with Gasteiger partial charge in [-0.3, -0.25) is 0 Å². The first-order valence-electron chi connectivity index (χ1n) is 6.12. The van der Waals surface area contributed by atoms with Crippen molar-refractivity contribution in [2.24, 2.45) is 0 Å². The Hall–Kier alpha value is -2.76. The van der Waals surface area contributed by atoms with Crippen molar-refractivity contribution in [3.63, 3.8) is 0 Å². The molecule has 6 heteroatoms. The zero-order chi connectivity index (χ0) is 13.9. The second kappa shape index (κ2) is 5.08. The molecule has 0 amide bonds. The maximum Gasteiger partial charge on any atom is 0.189 e. The molecule has 0 atom stereocenters. The Kier molecular flexibility index (Phi) is 3.12. The summed E-state index contributed by atoms with van der Waals surface area (Å²) >= 11 is 0. The second-order valence-corrected chi connectivity index (χ2v) is 4.26. The molecule has 2 aromatic heterocycles. The van der Waals surface area contributed by atoms with Gasteiger partial charge in [-0.15, -0.1) is 5.10 Å². The van der Waals surface area contributed by atoms with Crippen molar-refractivity contribution >= 4 is 11.3 Å². The Labute approximate surface area is 115 Å². The van der Waals surface area contributed by atoms with Crippen LogP contribution in [0.2, 0.25) is 0 Å². The molecule has 1 aromatic carbocycles. The molecular weight excluding hydrogens is 256 g/mol. The lowest BCUT2D eigenvalue weighted by Crippen LogP contribution is -1.98. The first-order valence-corrected chi connectivity index (χ1v) is 6.12. The minimum Gasteiger partial charge on any atom is -0.497 e. The number of anilines is 1. The summed E-state index contributed by atoms with van der Waals surface area (Å²) in [5.41, 5.74) is 7.07. The van der Waals surface area contributed by atoms with E-state index >= 15 is 0 Å². The van der Waals surface area contributed by atoms with Gasteiger partial charge < -0.3 is 15.2 Å². The van der Waals surface area contributed by atoms with Crippen molar-refractivity contribution in [3.05, 3.63) is 48.4 Å². The molecule has 3 rings (SSSR count). The summed E-state index contributed by atoms with van der Waals surface area (Å²) in [5.74, 6) is 2.13. The van der Waals surface area contributed by atoms with Crippen LogP contribution in [-0.4, -0.2) is 21.7 Å². The SMILES string of the molecule is COc1ccc(OCc2nc3cc(N)ccn3n2)cc1. The number of rotatable bonds is 4. The molecule has 2 heterocycles. The molecular formula is C14H14N4O2. The van der Waals surface area contributed by atoms with Crippen molar-refractivity contribution in [1.82, 2.24) is 14.6 Å². The van der Waals surface area contributed by atoms with Gasteiger partial charge in [-0.05, 0) is 30.3 Å². The number of ether oxygens (including phenoxy) is 2. The van der Waals surface area contributed by atoms with Gasteiger partial charge in [-0.2, -0.15) is 0 Å². The maximum absolute atomic E-state index is 5.70. The highest BCUT2D eigenvalue weighted by molar-refractivity contribution is 5.50. The Morgan fingerprint density at radius 1 is 1.15 bits per heavy atom. The molecule has 0 bridgehead atoms. The average Bonchev–Trinajstić information content (AvgIpc) is 2.87. The zero-order valence-electron chi connectivity index (χ0n) is 11.0. The van der Waals surface area contributed by atoms with Gasteiger partial charge in [0.15, 0.2) is 11.5 Å². The number of benzene rings is 1. The topological polar surface area (TPSA) is 74.7 Å². The number of nitrogens with two attached hydrogens (primary N) is 1. The number of hydrogen-bond donors (Lipinski definition) is 1. The molecule has 0 spiro atoms. The molecule has 20 heavy (non-hydrogen) atoms. The Bertz CT molecular complexity index is 722. The summed E-state index contributed by atoms with van der Waals surface area (Å²) in [6, 6.07) is 10.9. The molecule has 0 aliphatic rings. The third kappa shape index (κ3) is 2.49. The number of nitrogens with zero attached hydrogens (tertiary/aromatic N) is 3. The van der Waals surface area contributed by atoms with Gasteiger partial charge in [0.05, 0.1) is 7.11 Å². The third-order valence-electron chi connectivity index (χ3n) is 2.83. The minimum atomic E-state index is 0.300. The summed E-state index contributed by atoms with van der Waals surface area (Å²) in [7, 11) is 1.63. The van der Waals surface area contributed by atoms with Crippen molar-refractivity contribution in [2.75, 3.05) is 12.8 Å². The van der Waals surface area contributed by atoms with Crippen LogP contribution in [0.1, 0.15) is 5.82 Å². The average molecular weight is 270 g/mol. The van der Waals surface area contributed by atoms with Crippen LogP contribution in [0.5, 0.6) is 11.5 Å². The van der Waals surface area contributed by atoms with Gasteiger partial charge in [0.25, 0.3) is 0 Å². The summed E-state index contributed by atoms with van der Waals surface area (Å²) < 4.78 is 12.4. The number of pyridine rings is 1. The van der Waals surface area contributed by atoms with Crippen molar-refractivity contribution in [2.45, 2.75) is 6.61 Å². The monoisotopic (exact) mass is 270 g/mol. The molecule has 0 saturated carbocycles. The van der Waals surface area contributed by atoms with E-state index in [1.54, 1.807) is 30.0 Å². The van der Waals surface area contributed by atoms with Gasteiger partial charge in [0.1, 0.15) is 18.1 Å². The second-order valence-electron chi connectivity index (χ2n) is 4.26. The molecule has 3 aromatic rings. The lowest BCUT2D eigenvalue weighted by molar-refractivity contribution is 0.295. The summed E-state index contributed by atoms with van der Waals surface area (Å²) in [5, 5.41) is 4.30. The van der Waals surface area contributed by atoms with Crippen molar-refractivity contribution < 1.29 is 9.47 Å². The Balaban J connectivity index is 1.72. The largest absolute Gasteiger partial charge is 0.497 e. The van der Waals surface area contributed by atoms with Gasteiger partial charge in [0.2, 0.25) is 0 Å². The van der Waals surface area contributed by atoms with Gasteiger partial charge >= 0.3 is 0 Å². The van der Waals surface area contributed by atoms with Crippen molar-refractivity contribution in [3.8, 4) is 11.5 Å². The molecule has 0 unspecified atom stereocenters. The number of fused-ring (bicyclic) bond motifs is 1. The zero-order valence-corrected chi connectivity index (χ0v) is 11.0. The minimum absolute atomic E-state index is 0.300.